The fourth-order valence-corrected chi connectivity index (χ4v) is 6.76. The lowest BCUT2D eigenvalue weighted by Gasteiger charge is -2.09. The van der Waals surface area contributed by atoms with Crippen LogP contribution in [0, 0.1) is 0 Å². The van der Waals surface area contributed by atoms with Crippen molar-refractivity contribution in [2.45, 2.75) is 5.16 Å². The normalized spacial score (nSPS) is 11.8. The largest absolute Gasteiger partial charge is 0.382 e. The number of para-hydroxylation sites is 1. The highest BCUT2D eigenvalue weighted by Crippen LogP contribution is 2.34. The van der Waals surface area contributed by atoms with Gasteiger partial charge in [0.1, 0.15) is 10.6 Å². The van der Waals surface area contributed by atoms with Crippen molar-refractivity contribution in [3.63, 3.8) is 0 Å². The molecule has 0 aliphatic heterocycles. The molecule has 0 unspecified atom stereocenters. The molecule has 4 rings (SSSR count). The minimum atomic E-state index is -3.73. The van der Waals surface area contributed by atoms with Crippen LogP contribution in [-0.4, -0.2) is 29.5 Å². The van der Waals surface area contributed by atoms with Gasteiger partial charge in [-0.05, 0) is 23.6 Å². The molecule has 0 bridgehead atoms. The zero-order chi connectivity index (χ0) is 20.4. The Kier molecular flexibility index (Phi) is 5.77. The van der Waals surface area contributed by atoms with Gasteiger partial charge >= 0.3 is 10.1 Å². The Morgan fingerprint density at radius 2 is 1.93 bits per heavy atom. The lowest BCUT2D eigenvalue weighted by molar-refractivity contribution is 0.488. The molecule has 0 aliphatic carbocycles. The van der Waals surface area contributed by atoms with E-state index in [4.69, 9.17) is 4.18 Å². The number of thiophene rings is 2. The number of hydrogen-bond donors (Lipinski definition) is 0. The van der Waals surface area contributed by atoms with E-state index in [0.29, 0.717) is 15.4 Å². The van der Waals surface area contributed by atoms with Crippen molar-refractivity contribution in [2.75, 3.05) is 11.5 Å². The van der Waals surface area contributed by atoms with E-state index in [1.54, 1.807) is 48.7 Å². The van der Waals surface area contributed by atoms with Crippen LogP contribution in [0.3, 0.4) is 0 Å². The third-order valence-corrected chi connectivity index (χ3v) is 8.31. The third-order valence-electron chi connectivity index (χ3n) is 4.09. The van der Waals surface area contributed by atoms with Crippen LogP contribution < -0.4 is 9.74 Å². The molecule has 0 atom stereocenters. The summed E-state index contributed by atoms with van der Waals surface area (Å²) in [5.74, 6) is 0.319. The fraction of sp³-hybridized carbons (Fsp3) is 0.158. The van der Waals surface area contributed by atoms with E-state index in [2.05, 4.69) is 4.98 Å². The molecule has 4 aromatic rings. The Hall–Kier alpha value is -2.14. The van der Waals surface area contributed by atoms with Crippen LogP contribution >= 0.6 is 34.4 Å². The quantitative estimate of drug-likeness (QED) is 0.231. The van der Waals surface area contributed by atoms with Gasteiger partial charge in [0, 0.05) is 28.6 Å². The maximum atomic E-state index is 12.9. The molecule has 0 radical (unpaired) electrons. The molecule has 6 nitrogen and oxygen atoms in total. The summed E-state index contributed by atoms with van der Waals surface area (Å²) in [6.45, 7) is 0. The van der Waals surface area contributed by atoms with Gasteiger partial charge < -0.3 is 4.18 Å². The average molecular weight is 465 g/mol. The van der Waals surface area contributed by atoms with Crippen molar-refractivity contribution < 1.29 is 12.6 Å². The summed E-state index contributed by atoms with van der Waals surface area (Å²) >= 11 is 4.21. The van der Waals surface area contributed by atoms with Crippen LogP contribution in [0.15, 0.2) is 63.2 Å². The van der Waals surface area contributed by atoms with Gasteiger partial charge in [0.25, 0.3) is 5.56 Å². The second-order valence-electron chi connectivity index (χ2n) is 6.07. The highest BCUT2D eigenvalue weighted by molar-refractivity contribution is 8.00. The van der Waals surface area contributed by atoms with Crippen molar-refractivity contribution in [1.29, 1.82) is 0 Å². The fourth-order valence-electron chi connectivity index (χ4n) is 2.69. The van der Waals surface area contributed by atoms with Gasteiger partial charge in [0.05, 0.1) is 11.1 Å². The van der Waals surface area contributed by atoms with Crippen molar-refractivity contribution in [2.24, 2.45) is 7.05 Å². The molecule has 29 heavy (non-hydrogen) atoms. The smallest absolute Gasteiger partial charge is 0.310 e. The number of rotatable bonds is 7. The Bertz CT molecular complexity index is 1290. The zero-order valence-electron chi connectivity index (χ0n) is 15.3. The summed E-state index contributed by atoms with van der Waals surface area (Å²) in [5.41, 5.74) is 0.758. The Labute approximate surface area is 179 Å². The first-order valence-corrected chi connectivity index (χ1v) is 12.9. The summed E-state index contributed by atoms with van der Waals surface area (Å²) in [4.78, 5) is 19.2. The summed E-state index contributed by atoms with van der Waals surface area (Å²) < 4.78 is 30.9. The Morgan fingerprint density at radius 3 is 2.66 bits per heavy atom. The summed E-state index contributed by atoms with van der Waals surface area (Å²) in [5, 5.41) is 5.00. The molecule has 0 N–H and O–H groups in total. The van der Waals surface area contributed by atoms with Gasteiger partial charge in [-0.1, -0.05) is 36.0 Å². The summed E-state index contributed by atoms with van der Waals surface area (Å²) in [6, 6.07) is 12.3. The SMILES string of the molecule is Cn1c(SCCS(=O)(=O)Oc2ccccc2)nc2scc(-c3cccs3)c2c1=O. The third kappa shape index (κ3) is 4.40. The Morgan fingerprint density at radius 1 is 1.14 bits per heavy atom. The number of fused-ring (bicyclic) bond motifs is 1. The van der Waals surface area contributed by atoms with E-state index in [9.17, 15) is 13.2 Å². The van der Waals surface area contributed by atoms with Crippen LogP contribution in [0.2, 0.25) is 0 Å². The molecule has 10 heteroatoms. The van der Waals surface area contributed by atoms with E-state index in [-0.39, 0.29) is 22.8 Å². The van der Waals surface area contributed by atoms with Gasteiger partial charge in [-0.15, -0.1) is 22.7 Å². The van der Waals surface area contributed by atoms with E-state index >= 15 is 0 Å². The molecule has 1 aromatic carbocycles. The highest BCUT2D eigenvalue weighted by Gasteiger charge is 2.18. The molecule has 0 fully saturated rings. The second kappa shape index (κ2) is 8.31. The molecule has 0 saturated carbocycles. The minimum Gasteiger partial charge on any atom is -0.382 e. The summed E-state index contributed by atoms with van der Waals surface area (Å²) in [6.07, 6.45) is 0. The molecule has 0 saturated heterocycles. The van der Waals surface area contributed by atoms with E-state index in [1.807, 2.05) is 22.9 Å². The van der Waals surface area contributed by atoms with Crippen LogP contribution in [0.1, 0.15) is 0 Å². The van der Waals surface area contributed by atoms with Gasteiger partial charge in [-0.3, -0.25) is 9.36 Å². The second-order valence-corrected chi connectivity index (χ2v) is 10.6. The molecule has 3 aromatic heterocycles. The topological polar surface area (TPSA) is 78.3 Å². The maximum absolute atomic E-state index is 12.9. The van der Waals surface area contributed by atoms with Gasteiger partial charge in [-0.25, -0.2) is 4.98 Å². The lowest BCUT2D eigenvalue weighted by Crippen LogP contribution is -2.20. The van der Waals surface area contributed by atoms with Crippen LogP contribution in [-0.2, 0) is 17.2 Å². The first-order chi connectivity index (χ1) is 13.9. The predicted molar refractivity (Wildman–Crippen MR) is 120 cm³/mol. The van der Waals surface area contributed by atoms with Crippen molar-refractivity contribution in [3.05, 3.63) is 63.6 Å². The number of hydrogen-bond acceptors (Lipinski definition) is 8. The molecule has 3 heterocycles. The van der Waals surface area contributed by atoms with Crippen molar-refractivity contribution >= 4 is 54.8 Å². The van der Waals surface area contributed by atoms with Crippen molar-refractivity contribution in [1.82, 2.24) is 9.55 Å². The number of benzene rings is 1. The monoisotopic (exact) mass is 464 g/mol. The molecular weight excluding hydrogens is 448 g/mol. The molecule has 150 valence electrons. The summed E-state index contributed by atoms with van der Waals surface area (Å²) in [7, 11) is -2.07. The lowest BCUT2D eigenvalue weighted by atomic mass is 10.2. The molecule has 0 aliphatic rings. The first kappa shape index (κ1) is 20.1. The first-order valence-electron chi connectivity index (χ1n) is 8.57. The average Bonchev–Trinajstić information content (AvgIpc) is 3.35. The van der Waals surface area contributed by atoms with Gasteiger partial charge in [-0.2, -0.15) is 8.42 Å². The van der Waals surface area contributed by atoms with Gasteiger partial charge in [0.2, 0.25) is 0 Å². The molecule has 0 spiro atoms. The zero-order valence-corrected chi connectivity index (χ0v) is 18.5. The minimum absolute atomic E-state index is 0.134. The van der Waals surface area contributed by atoms with E-state index in [0.717, 1.165) is 10.4 Å². The van der Waals surface area contributed by atoms with Crippen LogP contribution in [0.4, 0.5) is 0 Å². The number of thioether (sulfide) groups is 1. The number of aromatic nitrogens is 2. The predicted octanol–water partition coefficient (Wildman–Crippen LogP) is 4.22. The molecular formula is C19H16N2O4S4. The van der Waals surface area contributed by atoms with Crippen molar-refractivity contribution in [3.8, 4) is 16.2 Å². The number of nitrogens with zero attached hydrogens (tertiary/aromatic N) is 2. The Balaban J connectivity index is 1.52. The van der Waals surface area contributed by atoms with E-state index in [1.165, 1.54) is 27.7 Å². The standard InChI is InChI=1S/C19H16N2O4S4/c1-21-18(22)16-14(15-8-5-9-26-15)12-28-17(16)20-19(21)27-10-11-29(23,24)25-13-6-3-2-4-7-13/h2-9,12H,10-11H2,1H3. The van der Waals surface area contributed by atoms with Crippen LogP contribution in [0.5, 0.6) is 5.75 Å². The maximum Gasteiger partial charge on any atom is 0.310 e. The van der Waals surface area contributed by atoms with E-state index < -0.39 is 10.1 Å². The van der Waals surface area contributed by atoms with Crippen LogP contribution in [0.25, 0.3) is 20.7 Å². The molecule has 0 amide bonds. The van der Waals surface area contributed by atoms with Gasteiger partial charge in [0.15, 0.2) is 5.16 Å². The highest BCUT2D eigenvalue weighted by atomic mass is 32.2.